The van der Waals surface area contributed by atoms with E-state index >= 15 is 0 Å². The molecule has 6 heteroatoms. The molecular weight excluding hydrogens is 348 g/mol. The summed E-state index contributed by atoms with van der Waals surface area (Å²) in [5, 5.41) is 2.97. The molecular formula is C21H25F2N3O. The second-order valence-electron chi connectivity index (χ2n) is 7.61. The predicted molar refractivity (Wildman–Crippen MR) is 101 cm³/mol. The monoisotopic (exact) mass is 373 g/mol. The standard InChI is InChI=1S/C21H25F2N3O/c1-14(2)12-26-6-5-15(13-26)10-25-21(27)16-3-4-20(24-11-16)17-7-18(22)9-19(23)8-17/h3-4,7-9,11,14-15H,5-6,10,12-13H2,1-2H3,(H,25,27). The molecule has 0 spiro atoms. The fourth-order valence-electron chi connectivity index (χ4n) is 3.50. The highest BCUT2D eigenvalue weighted by atomic mass is 19.1. The van der Waals surface area contributed by atoms with Crippen LogP contribution in [0.3, 0.4) is 0 Å². The molecule has 0 saturated carbocycles. The summed E-state index contributed by atoms with van der Waals surface area (Å²) in [6.07, 6.45) is 2.53. The van der Waals surface area contributed by atoms with Crippen LogP contribution in [-0.2, 0) is 0 Å². The third kappa shape index (κ3) is 5.32. The number of carbonyl (C=O) groups is 1. The predicted octanol–water partition coefficient (Wildman–Crippen LogP) is 3.73. The minimum absolute atomic E-state index is 0.179. The largest absolute Gasteiger partial charge is 0.352 e. The van der Waals surface area contributed by atoms with Crippen molar-refractivity contribution in [2.45, 2.75) is 20.3 Å². The maximum Gasteiger partial charge on any atom is 0.252 e. The number of hydrogen-bond donors (Lipinski definition) is 1. The third-order valence-corrected chi connectivity index (χ3v) is 4.73. The average molecular weight is 373 g/mol. The molecule has 2 heterocycles. The summed E-state index contributed by atoms with van der Waals surface area (Å²) in [6.45, 7) is 8.26. The molecule has 1 aromatic carbocycles. The molecule has 1 aliphatic heterocycles. The minimum Gasteiger partial charge on any atom is -0.352 e. The van der Waals surface area contributed by atoms with E-state index in [1.807, 2.05) is 0 Å². The fraction of sp³-hybridized carbons (Fsp3) is 0.429. The Morgan fingerprint density at radius 2 is 2.00 bits per heavy atom. The van der Waals surface area contributed by atoms with Crippen molar-refractivity contribution < 1.29 is 13.6 Å². The first kappa shape index (κ1) is 19.4. The van der Waals surface area contributed by atoms with Crippen LogP contribution in [0.4, 0.5) is 8.78 Å². The minimum atomic E-state index is -0.656. The molecule has 1 atom stereocenters. The van der Waals surface area contributed by atoms with E-state index in [9.17, 15) is 13.6 Å². The van der Waals surface area contributed by atoms with E-state index in [0.29, 0.717) is 35.2 Å². The van der Waals surface area contributed by atoms with Gasteiger partial charge in [0.05, 0.1) is 11.3 Å². The number of hydrogen-bond acceptors (Lipinski definition) is 3. The molecule has 144 valence electrons. The number of aromatic nitrogens is 1. The van der Waals surface area contributed by atoms with Gasteiger partial charge in [0, 0.05) is 37.5 Å². The number of rotatable bonds is 6. The second kappa shape index (κ2) is 8.57. The van der Waals surface area contributed by atoms with Gasteiger partial charge in [-0.3, -0.25) is 9.78 Å². The van der Waals surface area contributed by atoms with E-state index in [-0.39, 0.29) is 5.91 Å². The van der Waals surface area contributed by atoms with Crippen molar-refractivity contribution in [1.82, 2.24) is 15.2 Å². The Kier molecular flexibility index (Phi) is 6.16. The highest BCUT2D eigenvalue weighted by Crippen LogP contribution is 2.20. The van der Waals surface area contributed by atoms with Gasteiger partial charge < -0.3 is 10.2 Å². The van der Waals surface area contributed by atoms with Gasteiger partial charge in [-0.15, -0.1) is 0 Å². The van der Waals surface area contributed by atoms with Gasteiger partial charge in [0.2, 0.25) is 0 Å². The van der Waals surface area contributed by atoms with Crippen LogP contribution >= 0.6 is 0 Å². The molecule has 0 aliphatic carbocycles. The summed E-state index contributed by atoms with van der Waals surface area (Å²) < 4.78 is 26.7. The van der Waals surface area contributed by atoms with Gasteiger partial charge in [-0.05, 0) is 49.1 Å². The van der Waals surface area contributed by atoms with Gasteiger partial charge in [-0.25, -0.2) is 8.78 Å². The Balaban J connectivity index is 1.55. The highest BCUT2D eigenvalue weighted by molar-refractivity contribution is 5.94. The molecule has 3 rings (SSSR count). The van der Waals surface area contributed by atoms with Crippen LogP contribution in [0.25, 0.3) is 11.3 Å². The van der Waals surface area contributed by atoms with Crippen molar-refractivity contribution in [2.24, 2.45) is 11.8 Å². The quantitative estimate of drug-likeness (QED) is 0.839. The van der Waals surface area contributed by atoms with Crippen LogP contribution in [0.5, 0.6) is 0 Å². The molecule has 1 unspecified atom stereocenters. The first-order valence-electron chi connectivity index (χ1n) is 9.34. The summed E-state index contributed by atoms with van der Waals surface area (Å²) in [7, 11) is 0. The Bertz CT molecular complexity index is 772. The molecule has 1 N–H and O–H groups in total. The Morgan fingerprint density at radius 3 is 2.63 bits per heavy atom. The van der Waals surface area contributed by atoms with Crippen LogP contribution in [0.1, 0.15) is 30.6 Å². The second-order valence-corrected chi connectivity index (χ2v) is 7.61. The zero-order valence-corrected chi connectivity index (χ0v) is 15.7. The molecule has 1 saturated heterocycles. The Morgan fingerprint density at radius 1 is 1.26 bits per heavy atom. The van der Waals surface area contributed by atoms with Gasteiger partial charge >= 0.3 is 0 Å². The molecule has 0 bridgehead atoms. The van der Waals surface area contributed by atoms with Crippen LogP contribution in [-0.4, -0.2) is 42.0 Å². The summed E-state index contributed by atoms with van der Waals surface area (Å²) in [5.41, 5.74) is 1.20. The van der Waals surface area contributed by atoms with E-state index in [1.54, 1.807) is 12.1 Å². The summed E-state index contributed by atoms with van der Waals surface area (Å²) in [6, 6.07) is 6.47. The number of nitrogens with zero attached hydrogens (tertiary/aromatic N) is 2. The van der Waals surface area contributed by atoms with Gasteiger partial charge in [-0.1, -0.05) is 13.8 Å². The number of carbonyl (C=O) groups excluding carboxylic acids is 1. The van der Waals surface area contributed by atoms with Gasteiger partial charge in [0.15, 0.2) is 0 Å². The third-order valence-electron chi connectivity index (χ3n) is 4.73. The van der Waals surface area contributed by atoms with Gasteiger partial charge in [-0.2, -0.15) is 0 Å². The zero-order valence-electron chi connectivity index (χ0n) is 15.7. The van der Waals surface area contributed by atoms with E-state index in [1.165, 1.54) is 18.3 Å². The van der Waals surface area contributed by atoms with Crippen LogP contribution in [0.15, 0.2) is 36.5 Å². The lowest BCUT2D eigenvalue weighted by molar-refractivity contribution is 0.0947. The normalized spacial score (nSPS) is 17.4. The number of pyridine rings is 1. The number of likely N-dealkylation sites (tertiary alicyclic amines) is 1. The molecule has 0 radical (unpaired) electrons. The Labute approximate surface area is 158 Å². The van der Waals surface area contributed by atoms with Crippen molar-refractivity contribution in [3.63, 3.8) is 0 Å². The van der Waals surface area contributed by atoms with Crippen LogP contribution < -0.4 is 5.32 Å². The van der Waals surface area contributed by atoms with Crippen LogP contribution in [0, 0.1) is 23.5 Å². The number of amides is 1. The van der Waals surface area contributed by atoms with Crippen molar-refractivity contribution in [1.29, 1.82) is 0 Å². The SMILES string of the molecule is CC(C)CN1CCC(CNC(=O)c2ccc(-c3cc(F)cc(F)c3)nc2)C1. The van der Waals surface area contributed by atoms with Crippen molar-refractivity contribution in [3.05, 3.63) is 53.7 Å². The maximum atomic E-state index is 13.3. The first-order chi connectivity index (χ1) is 12.9. The molecule has 1 amide bonds. The maximum absolute atomic E-state index is 13.3. The number of halogens is 2. The van der Waals surface area contributed by atoms with E-state index in [0.717, 1.165) is 32.1 Å². The van der Waals surface area contributed by atoms with Crippen LogP contribution in [0.2, 0.25) is 0 Å². The summed E-state index contributed by atoms with van der Waals surface area (Å²) in [5.74, 6) is -0.375. The lowest BCUT2D eigenvalue weighted by Crippen LogP contribution is -2.31. The van der Waals surface area contributed by atoms with Gasteiger partial charge in [0.25, 0.3) is 5.91 Å². The molecule has 1 aromatic heterocycles. The lowest BCUT2D eigenvalue weighted by Gasteiger charge is -2.18. The molecule has 27 heavy (non-hydrogen) atoms. The Hall–Kier alpha value is -2.34. The zero-order chi connectivity index (χ0) is 19.4. The van der Waals surface area contributed by atoms with E-state index in [4.69, 9.17) is 0 Å². The molecule has 1 fully saturated rings. The number of benzene rings is 1. The topological polar surface area (TPSA) is 45.2 Å². The molecule has 1 aliphatic rings. The summed E-state index contributed by atoms with van der Waals surface area (Å²) >= 11 is 0. The van der Waals surface area contributed by atoms with E-state index in [2.05, 4.69) is 29.0 Å². The van der Waals surface area contributed by atoms with Crippen molar-refractivity contribution >= 4 is 5.91 Å². The average Bonchev–Trinajstić information content (AvgIpc) is 3.05. The highest BCUT2D eigenvalue weighted by Gasteiger charge is 2.23. The molecule has 2 aromatic rings. The number of nitrogens with one attached hydrogen (secondary N) is 1. The van der Waals surface area contributed by atoms with Crippen molar-refractivity contribution in [2.75, 3.05) is 26.2 Å². The van der Waals surface area contributed by atoms with Crippen molar-refractivity contribution in [3.8, 4) is 11.3 Å². The lowest BCUT2D eigenvalue weighted by atomic mass is 10.1. The smallest absolute Gasteiger partial charge is 0.252 e. The van der Waals surface area contributed by atoms with E-state index < -0.39 is 11.6 Å². The summed E-state index contributed by atoms with van der Waals surface area (Å²) in [4.78, 5) is 18.9. The first-order valence-corrected chi connectivity index (χ1v) is 9.34. The fourth-order valence-corrected chi connectivity index (χ4v) is 3.50. The van der Waals surface area contributed by atoms with Gasteiger partial charge in [0.1, 0.15) is 11.6 Å². The molecule has 4 nitrogen and oxygen atoms in total.